The Balaban J connectivity index is 0. The zero-order valence-electron chi connectivity index (χ0n) is 14.3. The van der Waals surface area contributed by atoms with Crippen molar-refractivity contribution in [3.8, 4) is 5.75 Å². The molecule has 0 aliphatic rings. The van der Waals surface area contributed by atoms with E-state index in [-0.39, 0.29) is 20.3 Å². The quantitative estimate of drug-likeness (QED) is 0.810. The van der Waals surface area contributed by atoms with E-state index in [9.17, 15) is 5.11 Å². The summed E-state index contributed by atoms with van der Waals surface area (Å²) in [5.74, 6) is 1.27. The van der Waals surface area contributed by atoms with Gasteiger partial charge in [-0.05, 0) is 23.0 Å². The molecular weight excluding hydrogens is 231 g/mol. The third kappa shape index (κ3) is 3.91. The molecule has 0 saturated heterocycles. The van der Waals surface area contributed by atoms with Gasteiger partial charge >= 0.3 is 18.9 Å². The molecule has 0 aromatic heterocycles. The van der Waals surface area contributed by atoms with Gasteiger partial charge in [-0.2, -0.15) is 0 Å². The van der Waals surface area contributed by atoms with Gasteiger partial charge in [0.1, 0.15) is 5.75 Å². The molecule has 0 spiro atoms. The fourth-order valence-electron chi connectivity index (χ4n) is 1.99. The monoisotopic (exact) mass is 258 g/mol. The minimum atomic E-state index is -1.32. The summed E-state index contributed by atoms with van der Waals surface area (Å²) in [7, 11) is -1.32. The molecule has 0 aliphatic carbocycles. The zero-order valence-corrected chi connectivity index (χ0v) is 14.3. The molecular formula is C15H27LiOSi. The smallest absolute Gasteiger partial charge is 1.00 e. The van der Waals surface area contributed by atoms with Crippen LogP contribution in [0.1, 0.15) is 52.1 Å². The van der Waals surface area contributed by atoms with Gasteiger partial charge in [-0.1, -0.05) is 64.7 Å². The minimum Gasteiger partial charge on any atom is -1.00 e. The Morgan fingerprint density at radius 2 is 1.28 bits per heavy atom. The van der Waals surface area contributed by atoms with E-state index in [2.05, 4.69) is 59.5 Å². The first kappa shape index (κ1) is 17.8. The Morgan fingerprint density at radius 3 is 1.50 bits per heavy atom. The van der Waals surface area contributed by atoms with Crippen LogP contribution in [0, 0.1) is 0 Å². The molecule has 1 N–H and O–H groups in total. The SMILES string of the molecule is CC(C)c1cc([Si](C)(C)C)cc(C(C)C)c1O.[H-].[Li+]. The predicted octanol–water partition coefficient (Wildman–Crippen LogP) is 1.30. The summed E-state index contributed by atoms with van der Waals surface area (Å²) in [4.78, 5) is 0. The Hall–Kier alpha value is -0.166. The molecule has 18 heavy (non-hydrogen) atoms. The molecule has 0 aliphatic heterocycles. The normalized spacial score (nSPS) is 11.8. The first-order valence-electron chi connectivity index (χ1n) is 6.52. The Morgan fingerprint density at radius 1 is 0.944 bits per heavy atom. The van der Waals surface area contributed by atoms with Crippen molar-refractivity contribution in [1.29, 1.82) is 0 Å². The van der Waals surface area contributed by atoms with Crippen LogP contribution in [-0.2, 0) is 0 Å². The third-order valence-corrected chi connectivity index (χ3v) is 5.30. The van der Waals surface area contributed by atoms with Crippen LogP contribution < -0.4 is 24.0 Å². The molecule has 0 heterocycles. The van der Waals surface area contributed by atoms with Crippen molar-refractivity contribution in [3.05, 3.63) is 23.3 Å². The summed E-state index contributed by atoms with van der Waals surface area (Å²) in [5.41, 5.74) is 2.21. The standard InChI is InChI=1S/C15H26OSi.Li.H/c1-10(2)13-8-12(17(5,6)7)9-14(11(3)4)15(13)16;;/h8-11,16H,1-7H3;;/q;+1;-1. The summed E-state index contributed by atoms with van der Waals surface area (Å²) in [6, 6.07) is 4.44. The number of rotatable bonds is 3. The van der Waals surface area contributed by atoms with Gasteiger partial charge in [0, 0.05) is 0 Å². The van der Waals surface area contributed by atoms with Crippen LogP contribution in [0.2, 0.25) is 19.6 Å². The van der Waals surface area contributed by atoms with E-state index < -0.39 is 8.07 Å². The average molecular weight is 258 g/mol. The van der Waals surface area contributed by atoms with Crippen LogP contribution in [0.25, 0.3) is 0 Å². The molecule has 98 valence electrons. The maximum absolute atomic E-state index is 10.3. The predicted molar refractivity (Wildman–Crippen MR) is 80.4 cm³/mol. The number of hydrogen-bond donors (Lipinski definition) is 1. The second-order valence-corrected chi connectivity index (χ2v) is 11.6. The van der Waals surface area contributed by atoms with Crippen LogP contribution in [0.15, 0.2) is 12.1 Å². The summed E-state index contributed by atoms with van der Waals surface area (Å²) in [6.45, 7) is 15.6. The van der Waals surface area contributed by atoms with E-state index >= 15 is 0 Å². The van der Waals surface area contributed by atoms with E-state index in [4.69, 9.17) is 0 Å². The van der Waals surface area contributed by atoms with Gasteiger partial charge in [-0.15, -0.1) is 0 Å². The van der Waals surface area contributed by atoms with Crippen molar-refractivity contribution >= 4 is 13.3 Å². The molecule has 1 rings (SSSR count). The molecule has 0 saturated carbocycles. The van der Waals surface area contributed by atoms with E-state index in [1.165, 1.54) is 5.19 Å². The van der Waals surface area contributed by atoms with Crippen LogP contribution in [0.3, 0.4) is 0 Å². The van der Waals surface area contributed by atoms with E-state index in [1.54, 1.807) is 0 Å². The van der Waals surface area contributed by atoms with Gasteiger partial charge in [-0.25, -0.2) is 0 Å². The summed E-state index contributed by atoms with van der Waals surface area (Å²) in [5, 5.41) is 11.8. The van der Waals surface area contributed by atoms with Gasteiger partial charge in [0.25, 0.3) is 0 Å². The van der Waals surface area contributed by atoms with Crippen molar-refractivity contribution < 1.29 is 25.4 Å². The minimum absolute atomic E-state index is 0. The van der Waals surface area contributed by atoms with E-state index in [0.717, 1.165) is 11.1 Å². The van der Waals surface area contributed by atoms with Crippen molar-refractivity contribution in [2.24, 2.45) is 0 Å². The van der Waals surface area contributed by atoms with Crippen LogP contribution in [0.4, 0.5) is 0 Å². The molecule has 3 heteroatoms. The second-order valence-electron chi connectivity index (χ2n) is 6.56. The van der Waals surface area contributed by atoms with Crippen molar-refractivity contribution in [3.63, 3.8) is 0 Å². The fraction of sp³-hybridized carbons (Fsp3) is 0.600. The summed E-state index contributed by atoms with van der Waals surface area (Å²) in [6.07, 6.45) is 0. The number of hydrogen-bond acceptors (Lipinski definition) is 1. The van der Waals surface area contributed by atoms with Crippen molar-refractivity contribution in [1.82, 2.24) is 0 Å². The summed E-state index contributed by atoms with van der Waals surface area (Å²) < 4.78 is 0. The summed E-state index contributed by atoms with van der Waals surface area (Å²) >= 11 is 0. The van der Waals surface area contributed by atoms with Crippen molar-refractivity contribution in [2.45, 2.75) is 59.2 Å². The molecule has 0 fully saturated rings. The fourth-order valence-corrected chi connectivity index (χ4v) is 3.17. The molecule has 0 bridgehead atoms. The molecule has 1 nitrogen and oxygen atoms in total. The molecule has 0 atom stereocenters. The van der Waals surface area contributed by atoms with Gasteiger partial charge in [0.05, 0.1) is 8.07 Å². The maximum atomic E-state index is 10.3. The number of benzene rings is 1. The van der Waals surface area contributed by atoms with Gasteiger partial charge in [0.15, 0.2) is 0 Å². The van der Waals surface area contributed by atoms with Crippen LogP contribution in [0.5, 0.6) is 5.75 Å². The van der Waals surface area contributed by atoms with Crippen LogP contribution in [-0.4, -0.2) is 13.2 Å². The maximum Gasteiger partial charge on any atom is 1.00 e. The largest absolute Gasteiger partial charge is 1.00 e. The molecule has 1 aromatic carbocycles. The van der Waals surface area contributed by atoms with Gasteiger partial charge < -0.3 is 6.53 Å². The average Bonchev–Trinajstić information content (AvgIpc) is 2.14. The second kappa shape index (κ2) is 6.32. The number of aromatic hydroxyl groups is 1. The first-order chi connectivity index (χ1) is 7.64. The Kier molecular flexibility index (Phi) is 6.27. The third-order valence-electron chi connectivity index (χ3n) is 3.28. The molecule has 0 amide bonds. The van der Waals surface area contributed by atoms with Gasteiger partial charge in [0.2, 0.25) is 0 Å². The molecule has 1 aromatic rings. The Labute approximate surface area is 127 Å². The zero-order chi connectivity index (χ0) is 13.4. The van der Waals surface area contributed by atoms with Crippen molar-refractivity contribution in [2.75, 3.05) is 0 Å². The molecule has 0 unspecified atom stereocenters. The molecule has 0 radical (unpaired) electrons. The van der Waals surface area contributed by atoms with E-state index in [0.29, 0.717) is 17.6 Å². The topological polar surface area (TPSA) is 20.2 Å². The van der Waals surface area contributed by atoms with Crippen LogP contribution >= 0.6 is 0 Å². The number of phenols is 1. The van der Waals surface area contributed by atoms with E-state index in [1.807, 2.05) is 0 Å². The van der Waals surface area contributed by atoms with Gasteiger partial charge in [-0.3, -0.25) is 0 Å². The first-order valence-corrected chi connectivity index (χ1v) is 10.0. The number of phenolic OH excluding ortho intramolecular Hbond substituents is 1. The Bertz CT molecular complexity index is 382.